The summed E-state index contributed by atoms with van der Waals surface area (Å²) in [5, 5.41) is 2.98. The maximum absolute atomic E-state index is 13.7. The van der Waals surface area contributed by atoms with Crippen LogP contribution in [0, 0.1) is 11.7 Å². The van der Waals surface area contributed by atoms with E-state index in [0.29, 0.717) is 23.8 Å². The highest BCUT2D eigenvalue weighted by molar-refractivity contribution is 9.10. The van der Waals surface area contributed by atoms with Gasteiger partial charge in [-0.05, 0) is 49.1 Å². The van der Waals surface area contributed by atoms with Crippen LogP contribution in [-0.2, 0) is 16.6 Å². The molecule has 0 spiro atoms. The molecule has 0 atom stereocenters. The van der Waals surface area contributed by atoms with Gasteiger partial charge in [-0.15, -0.1) is 0 Å². The molecule has 2 N–H and O–H groups in total. The van der Waals surface area contributed by atoms with Gasteiger partial charge in [-0.25, -0.2) is 22.5 Å². The van der Waals surface area contributed by atoms with Crippen LogP contribution in [0.2, 0.25) is 0 Å². The van der Waals surface area contributed by atoms with Crippen LogP contribution in [-0.4, -0.2) is 19.9 Å². The fraction of sp³-hybridized carbons (Fsp3) is 0.312. The third-order valence-corrected chi connectivity index (χ3v) is 5.68. The third-order valence-electron chi connectivity index (χ3n) is 3.77. The molecule has 1 aromatic carbocycles. The minimum absolute atomic E-state index is 0.127. The lowest BCUT2D eigenvalue weighted by Gasteiger charge is -2.09. The number of sulfonamides is 1. The first kappa shape index (κ1) is 17.3. The lowest BCUT2D eigenvalue weighted by atomic mass is 10.2. The summed E-state index contributed by atoms with van der Waals surface area (Å²) in [5.74, 6) is 0.637. The minimum atomic E-state index is -3.52. The Labute approximate surface area is 148 Å². The topological polar surface area (TPSA) is 71.1 Å². The smallest absolute Gasteiger partial charge is 0.242 e. The first-order valence-corrected chi connectivity index (χ1v) is 9.85. The van der Waals surface area contributed by atoms with E-state index in [1.807, 2.05) is 0 Å². The van der Waals surface area contributed by atoms with Gasteiger partial charge >= 0.3 is 0 Å². The van der Waals surface area contributed by atoms with Gasteiger partial charge in [0.1, 0.15) is 16.5 Å². The molecule has 0 amide bonds. The second-order valence-corrected chi connectivity index (χ2v) is 8.45. The summed E-state index contributed by atoms with van der Waals surface area (Å²) < 4.78 is 41.3. The molecule has 2 aromatic rings. The Morgan fingerprint density at radius 3 is 2.71 bits per heavy atom. The summed E-state index contributed by atoms with van der Waals surface area (Å²) in [6.45, 7) is 0.731. The predicted octanol–water partition coefficient (Wildman–Crippen LogP) is 3.28. The van der Waals surface area contributed by atoms with Gasteiger partial charge in [0.25, 0.3) is 0 Å². The third kappa shape index (κ3) is 4.52. The monoisotopic (exact) mass is 413 g/mol. The van der Waals surface area contributed by atoms with E-state index in [-0.39, 0.29) is 17.3 Å². The van der Waals surface area contributed by atoms with Crippen molar-refractivity contribution in [3.8, 4) is 0 Å². The molecule has 8 heteroatoms. The maximum atomic E-state index is 13.7. The first-order chi connectivity index (χ1) is 11.4. The Kier molecular flexibility index (Phi) is 5.17. The molecule has 5 nitrogen and oxygen atoms in total. The van der Waals surface area contributed by atoms with E-state index in [1.165, 1.54) is 18.3 Å². The van der Waals surface area contributed by atoms with Crippen LogP contribution < -0.4 is 10.0 Å². The van der Waals surface area contributed by atoms with Gasteiger partial charge in [-0.1, -0.05) is 15.9 Å². The lowest BCUT2D eigenvalue weighted by Crippen LogP contribution is -2.25. The summed E-state index contributed by atoms with van der Waals surface area (Å²) >= 11 is 3.30. The van der Waals surface area contributed by atoms with Gasteiger partial charge in [0.05, 0.1) is 0 Å². The number of nitrogens with zero attached hydrogens (tertiary/aromatic N) is 1. The summed E-state index contributed by atoms with van der Waals surface area (Å²) in [4.78, 5) is 4.22. The Morgan fingerprint density at radius 2 is 2.04 bits per heavy atom. The van der Waals surface area contributed by atoms with E-state index < -0.39 is 10.0 Å². The zero-order valence-corrected chi connectivity index (χ0v) is 15.2. The minimum Gasteiger partial charge on any atom is -0.366 e. The Morgan fingerprint density at radius 1 is 1.25 bits per heavy atom. The highest BCUT2D eigenvalue weighted by Crippen LogP contribution is 2.28. The van der Waals surface area contributed by atoms with Gasteiger partial charge in [0.2, 0.25) is 10.0 Å². The van der Waals surface area contributed by atoms with Crippen molar-refractivity contribution in [2.75, 3.05) is 11.9 Å². The number of halogens is 2. The molecule has 1 saturated carbocycles. The fourth-order valence-electron chi connectivity index (χ4n) is 2.14. The van der Waals surface area contributed by atoms with Crippen LogP contribution in [0.1, 0.15) is 18.4 Å². The van der Waals surface area contributed by atoms with Crippen molar-refractivity contribution < 1.29 is 12.8 Å². The van der Waals surface area contributed by atoms with E-state index in [2.05, 4.69) is 31.0 Å². The number of aromatic nitrogens is 1. The maximum Gasteiger partial charge on any atom is 0.242 e. The average Bonchev–Trinajstić information content (AvgIpc) is 3.39. The van der Waals surface area contributed by atoms with Crippen LogP contribution in [0.3, 0.4) is 0 Å². The van der Waals surface area contributed by atoms with Crippen molar-refractivity contribution in [1.82, 2.24) is 9.71 Å². The number of benzene rings is 1. The predicted molar refractivity (Wildman–Crippen MR) is 93.6 cm³/mol. The van der Waals surface area contributed by atoms with Crippen LogP contribution >= 0.6 is 15.9 Å². The van der Waals surface area contributed by atoms with Gasteiger partial charge < -0.3 is 5.32 Å². The molecule has 0 radical (unpaired) electrons. The molecule has 1 aliphatic carbocycles. The largest absolute Gasteiger partial charge is 0.366 e. The number of pyridine rings is 1. The molecular weight excluding hydrogens is 397 g/mol. The molecular formula is C16H17BrFN3O2S. The quantitative estimate of drug-likeness (QED) is 0.730. The normalized spacial score (nSPS) is 14.6. The molecule has 0 aliphatic heterocycles. The second kappa shape index (κ2) is 7.16. The summed E-state index contributed by atoms with van der Waals surface area (Å²) in [6.07, 6.45) is 3.46. The van der Waals surface area contributed by atoms with Crippen molar-refractivity contribution in [2.45, 2.75) is 24.3 Å². The molecule has 128 valence electrons. The highest BCUT2D eigenvalue weighted by Gasteiger charge is 2.24. The van der Waals surface area contributed by atoms with E-state index in [1.54, 1.807) is 18.2 Å². The summed E-state index contributed by atoms with van der Waals surface area (Å²) in [5.41, 5.74) is 0.494. The number of anilines is 1. The van der Waals surface area contributed by atoms with E-state index in [9.17, 15) is 12.8 Å². The Hall–Kier alpha value is -1.51. The Bertz CT molecular complexity index is 824. The van der Waals surface area contributed by atoms with Crippen LogP contribution in [0.15, 0.2) is 45.9 Å². The molecule has 0 bridgehead atoms. The van der Waals surface area contributed by atoms with Gasteiger partial charge in [-0.2, -0.15) is 0 Å². The lowest BCUT2D eigenvalue weighted by molar-refractivity contribution is 0.577. The van der Waals surface area contributed by atoms with E-state index in [4.69, 9.17) is 0 Å². The molecule has 3 rings (SSSR count). The van der Waals surface area contributed by atoms with Crippen molar-refractivity contribution in [1.29, 1.82) is 0 Å². The van der Waals surface area contributed by atoms with Crippen molar-refractivity contribution in [3.05, 3.63) is 52.4 Å². The first-order valence-electron chi connectivity index (χ1n) is 7.57. The second-order valence-electron chi connectivity index (χ2n) is 5.76. The summed E-state index contributed by atoms with van der Waals surface area (Å²) in [6, 6.07) is 7.76. The van der Waals surface area contributed by atoms with Gasteiger partial charge in [0, 0.05) is 29.3 Å². The van der Waals surface area contributed by atoms with Crippen molar-refractivity contribution in [3.63, 3.8) is 0 Å². The molecule has 1 heterocycles. The number of hydrogen-bond donors (Lipinski definition) is 2. The number of hydrogen-bond acceptors (Lipinski definition) is 4. The molecule has 1 aliphatic rings. The molecule has 0 unspecified atom stereocenters. The SMILES string of the molecule is O=S(=O)(NCC1CC1)c1ccc(NCc2cc(Br)ccc2F)nc1. The van der Waals surface area contributed by atoms with Crippen LogP contribution in [0.4, 0.5) is 10.2 Å². The molecule has 0 saturated heterocycles. The van der Waals surface area contributed by atoms with Gasteiger partial charge in [0.15, 0.2) is 0 Å². The van der Waals surface area contributed by atoms with Crippen LogP contribution in [0.5, 0.6) is 0 Å². The Balaban J connectivity index is 1.62. The standard InChI is InChI=1S/C16H17BrFN3O2S/c17-13-3-5-15(18)12(7-13)9-19-16-6-4-14(10-20-16)24(22,23)21-8-11-1-2-11/h3-7,10-11,21H,1-2,8-9H2,(H,19,20). The van der Waals surface area contributed by atoms with Crippen molar-refractivity contribution in [2.24, 2.45) is 5.92 Å². The van der Waals surface area contributed by atoms with Crippen molar-refractivity contribution >= 4 is 31.8 Å². The zero-order chi connectivity index (χ0) is 17.2. The van der Waals surface area contributed by atoms with E-state index in [0.717, 1.165) is 17.3 Å². The van der Waals surface area contributed by atoms with E-state index >= 15 is 0 Å². The average molecular weight is 414 g/mol. The van der Waals surface area contributed by atoms with Crippen LogP contribution in [0.25, 0.3) is 0 Å². The fourth-order valence-corrected chi connectivity index (χ4v) is 3.61. The van der Waals surface area contributed by atoms with Gasteiger partial charge in [-0.3, -0.25) is 0 Å². The molecule has 24 heavy (non-hydrogen) atoms. The zero-order valence-electron chi connectivity index (χ0n) is 12.8. The highest BCUT2D eigenvalue weighted by atomic mass is 79.9. The number of nitrogens with one attached hydrogen (secondary N) is 2. The molecule has 1 fully saturated rings. The number of rotatable bonds is 7. The summed E-state index contributed by atoms with van der Waals surface area (Å²) in [7, 11) is -3.52. The molecule has 1 aromatic heterocycles.